The van der Waals surface area contributed by atoms with Crippen molar-refractivity contribution in [3.63, 3.8) is 0 Å². The Labute approximate surface area is 153 Å². The molecule has 136 valence electrons. The SMILES string of the molecule is O=C(c1cc2cc(F)c(F)cc2[nH]1)N1CCC(n2cc3ccccc3n2)C1. The van der Waals surface area contributed by atoms with E-state index in [4.69, 9.17) is 0 Å². The van der Waals surface area contributed by atoms with Crippen molar-refractivity contribution in [2.45, 2.75) is 12.5 Å². The first-order valence-corrected chi connectivity index (χ1v) is 8.79. The van der Waals surface area contributed by atoms with Gasteiger partial charge in [-0.1, -0.05) is 18.2 Å². The summed E-state index contributed by atoms with van der Waals surface area (Å²) in [5.41, 5.74) is 1.68. The molecule has 1 amide bonds. The first-order valence-electron chi connectivity index (χ1n) is 8.79. The third kappa shape index (κ3) is 2.66. The summed E-state index contributed by atoms with van der Waals surface area (Å²) >= 11 is 0. The lowest BCUT2D eigenvalue weighted by atomic mass is 10.2. The van der Waals surface area contributed by atoms with Crippen molar-refractivity contribution in [1.82, 2.24) is 19.7 Å². The molecule has 3 heterocycles. The summed E-state index contributed by atoms with van der Waals surface area (Å²) in [5, 5.41) is 6.15. The standard InChI is InChI=1S/C20H16F2N4O/c21-15-7-13-8-19(23-18(13)9-16(15)22)20(27)25-6-5-14(11-25)26-10-12-3-1-2-4-17(12)24-26/h1-4,7-10,14,23H,5-6,11H2. The van der Waals surface area contributed by atoms with Gasteiger partial charge >= 0.3 is 0 Å². The molecular weight excluding hydrogens is 350 g/mol. The predicted octanol–water partition coefficient (Wildman–Crippen LogP) is 3.88. The van der Waals surface area contributed by atoms with Gasteiger partial charge in [0.05, 0.1) is 11.6 Å². The molecule has 1 fully saturated rings. The highest BCUT2D eigenvalue weighted by Gasteiger charge is 2.29. The molecule has 0 bridgehead atoms. The topological polar surface area (TPSA) is 53.9 Å². The number of rotatable bonds is 2. The van der Waals surface area contributed by atoms with Gasteiger partial charge in [-0.15, -0.1) is 0 Å². The number of hydrogen-bond donors (Lipinski definition) is 1. The van der Waals surface area contributed by atoms with Crippen molar-refractivity contribution < 1.29 is 13.6 Å². The molecule has 0 spiro atoms. The van der Waals surface area contributed by atoms with Crippen LogP contribution in [-0.2, 0) is 0 Å². The summed E-state index contributed by atoms with van der Waals surface area (Å²) < 4.78 is 28.7. The second kappa shape index (κ2) is 5.90. The second-order valence-electron chi connectivity index (χ2n) is 6.90. The number of fused-ring (bicyclic) bond motifs is 2. The van der Waals surface area contributed by atoms with E-state index >= 15 is 0 Å². The van der Waals surface area contributed by atoms with Gasteiger partial charge in [0.25, 0.3) is 5.91 Å². The molecule has 0 saturated carbocycles. The molecule has 0 radical (unpaired) electrons. The molecule has 1 unspecified atom stereocenters. The van der Waals surface area contributed by atoms with Crippen LogP contribution < -0.4 is 0 Å². The van der Waals surface area contributed by atoms with Crippen LogP contribution in [0.15, 0.2) is 48.7 Å². The second-order valence-corrected chi connectivity index (χ2v) is 6.90. The monoisotopic (exact) mass is 366 g/mol. The Morgan fingerprint density at radius 2 is 1.93 bits per heavy atom. The fourth-order valence-electron chi connectivity index (χ4n) is 3.72. The third-order valence-electron chi connectivity index (χ3n) is 5.15. The number of hydrogen-bond acceptors (Lipinski definition) is 2. The Balaban J connectivity index is 1.38. The van der Waals surface area contributed by atoms with E-state index in [2.05, 4.69) is 10.1 Å². The summed E-state index contributed by atoms with van der Waals surface area (Å²) in [7, 11) is 0. The lowest BCUT2D eigenvalue weighted by Gasteiger charge is -2.15. The van der Waals surface area contributed by atoms with E-state index in [0.717, 1.165) is 29.5 Å². The maximum Gasteiger partial charge on any atom is 0.270 e. The number of aromatic amines is 1. The summed E-state index contributed by atoms with van der Waals surface area (Å²) in [6.45, 7) is 1.16. The average Bonchev–Trinajstić information content (AvgIpc) is 3.38. The molecule has 1 N–H and O–H groups in total. The summed E-state index contributed by atoms with van der Waals surface area (Å²) in [5.74, 6) is -2.03. The first kappa shape index (κ1) is 16.0. The highest BCUT2D eigenvalue weighted by molar-refractivity contribution is 5.98. The average molecular weight is 366 g/mol. The van der Waals surface area contributed by atoms with Gasteiger partial charge in [0, 0.05) is 41.6 Å². The van der Waals surface area contributed by atoms with Crippen LogP contribution in [-0.4, -0.2) is 38.7 Å². The summed E-state index contributed by atoms with van der Waals surface area (Å²) in [6, 6.07) is 11.7. The van der Waals surface area contributed by atoms with Gasteiger partial charge in [0.15, 0.2) is 11.6 Å². The van der Waals surface area contributed by atoms with Crippen LogP contribution in [0, 0.1) is 11.6 Å². The molecule has 1 saturated heterocycles. The number of aromatic nitrogens is 3. The van der Waals surface area contributed by atoms with E-state index in [1.165, 1.54) is 0 Å². The number of amides is 1. The fourth-order valence-corrected chi connectivity index (χ4v) is 3.72. The minimum Gasteiger partial charge on any atom is -0.350 e. The Kier molecular flexibility index (Phi) is 3.50. The number of nitrogens with zero attached hydrogens (tertiary/aromatic N) is 3. The molecule has 27 heavy (non-hydrogen) atoms. The van der Waals surface area contributed by atoms with Crippen LogP contribution in [0.3, 0.4) is 0 Å². The Morgan fingerprint density at radius 3 is 2.78 bits per heavy atom. The molecule has 4 aromatic rings. The number of halogens is 2. The number of benzene rings is 2. The van der Waals surface area contributed by atoms with Crippen molar-refractivity contribution in [3.05, 3.63) is 66.0 Å². The van der Waals surface area contributed by atoms with Crippen LogP contribution in [0.4, 0.5) is 8.78 Å². The summed E-state index contributed by atoms with van der Waals surface area (Å²) in [4.78, 5) is 17.5. The number of H-pyrrole nitrogens is 1. The lowest BCUT2D eigenvalue weighted by molar-refractivity contribution is 0.0782. The minimum atomic E-state index is -0.935. The van der Waals surface area contributed by atoms with E-state index in [9.17, 15) is 13.6 Å². The molecule has 2 aromatic carbocycles. The van der Waals surface area contributed by atoms with Gasteiger partial charge in [-0.05, 0) is 24.6 Å². The highest BCUT2D eigenvalue weighted by Crippen LogP contribution is 2.26. The third-order valence-corrected chi connectivity index (χ3v) is 5.15. The number of carbonyl (C=O) groups excluding carboxylic acids is 1. The zero-order chi connectivity index (χ0) is 18.5. The van der Waals surface area contributed by atoms with Crippen LogP contribution in [0.1, 0.15) is 23.0 Å². The van der Waals surface area contributed by atoms with Crippen LogP contribution in [0.2, 0.25) is 0 Å². The Hall–Kier alpha value is -3.22. The number of nitrogens with one attached hydrogen (secondary N) is 1. The smallest absolute Gasteiger partial charge is 0.270 e. The van der Waals surface area contributed by atoms with Crippen molar-refractivity contribution in [3.8, 4) is 0 Å². The van der Waals surface area contributed by atoms with Gasteiger partial charge in [-0.2, -0.15) is 5.10 Å². The van der Waals surface area contributed by atoms with E-state index in [1.807, 2.05) is 35.1 Å². The van der Waals surface area contributed by atoms with Gasteiger partial charge in [0.2, 0.25) is 0 Å². The predicted molar refractivity (Wildman–Crippen MR) is 97.5 cm³/mol. The van der Waals surface area contributed by atoms with Gasteiger partial charge in [-0.3, -0.25) is 9.48 Å². The van der Waals surface area contributed by atoms with E-state index < -0.39 is 11.6 Å². The van der Waals surface area contributed by atoms with Crippen molar-refractivity contribution in [2.75, 3.05) is 13.1 Å². The molecule has 2 aromatic heterocycles. The Morgan fingerprint density at radius 1 is 1.11 bits per heavy atom. The van der Waals surface area contributed by atoms with Crippen LogP contribution in [0.5, 0.6) is 0 Å². The van der Waals surface area contributed by atoms with Gasteiger partial charge in [0.1, 0.15) is 5.69 Å². The van der Waals surface area contributed by atoms with Gasteiger partial charge in [-0.25, -0.2) is 8.78 Å². The van der Waals surface area contributed by atoms with Gasteiger partial charge < -0.3 is 9.88 Å². The molecule has 1 atom stereocenters. The normalized spacial score (nSPS) is 17.3. The maximum atomic E-state index is 13.4. The zero-order valence-corrected chi connectivity index (χ0v) is 14.3. The highest BCUT2D eigenvalue weighted by atomic mass is 19.2. The van der Waals surface area contributed by atoms with E-state index in [1.54, 1.807) is 11.0 Å². The van der Waals surface area contributed by atoms with E-state index in [0.29, 0.717) is 29.7 Å². The molecule has 1 aliphatic heterocycles. The molecule has 5 rings (SSSR count). The Bertz CT molecular complexity index is 1110. The number of likely N-dealkylation sites (tertiary alicyclic amines) is 1. The molecular formula is C20H16F2N4O. The molecule has 1 aliphatic rings. The maximum absolute atomic E-state index is 13.4. The molecule has 7 heteroatoms. The minimum absolute atomic E-state index is 0.112. The molecule has 0 aliphatic carbocycles. The first-order chi connectivity index (χ1) is 13.1. The largest absolute Gasteiger partial charge is 0.350 e. The lowest BCUT2D eigenvalue weighted by Crippen LogP contribution is -2.29. The zero-order valence-electron chi connectivity index (χ0n) is 14.3. The van der Waals surface area contributed by atoms with Crippen molar-refractivity contribution >= 4 is 27.7 Å². The van der Waals surface area contributed by atoms with Crippen molar-refractivity contribution in [1.29, 1.82) is 0 Å². The van der Waals surface area contributed by atoms with Crippen LogP contribution >= 0.6 is 0 Å². The summed E-state index contributed by atoms with van der Waals surface area (Å²) in [6.07, 6.45) is 2.81. The van der Waals surface area contributed by atoms with Crippen molar-refractivity contribution in [2.24, 2.45) is 0 Å². The quantitative estimate of drug-likeness (QED) is 0.585. The number of carbonyl (C=O) groups is 1. The molecule has 5 nitrogen and oxygen atoms in total. The fraction of sp³-hybridized carbons (Fsp3) is 0.200. The van der Waals surface area contributed by atoms with Crippen LogP contribution in [0.25, 0.3) is 21.8 Å². The van der Waals surface area contributed by atoms with E-state index in [-0.39, 0.29) is 11.9 Å².